The first-order valence-electron chi connectivity index (χ1n) is 6.39. The molecule has 4 nitrogen and oxygen atoms in total. The lowest BCUT2D eigenvalue weighted by Crippen LogP contribution is -2.16. The number of nitrogens with zero attached hydrogens (tertiary/aromatic N) is 2. The summed E-state index contributed by atoms with van der Waals surface area (Å²) < 4.78 is 31.6. The Hall–Kier alpha value is -1.88. The number of aryl methyl sites for hydroxylation is 1. The van der Waals surface area contributed by atoms with Crippen molar-refractivity contribution in [2.24, 2.45) is 4.40 Å². The van der Waals surface area contributed by atoms with Crippen LogP contribution < -0.4 is 4.80 Å². The molecule has 0 radical (unpaired) electrons. The maximum Gasteiger partial charge on any atom is 0.294 e. The van der Waals surface area contributed by atoms with E-state index in [0.29, 0.717) is 4.80 Å². The fourth-order valence-corrected chi connectivity index (χ4v) is 5.35. The van der Waals surface area contributed by atoms with Gasteiger partial charge in [-0.2, -0.15) is 8.42 Å². The van der Waals surface area contributed by atoms with Crippen molar-refractivity contribution < 1.29 is 8.42 Å². The monoisotopic (exact) mass is 348 g/mol. The number of benzene rings is 1. The second kappa shape index (κ2) is 5.72. The largest absolute Gasteiger partial charge is 0.304 e. The Morgan fingerprint density at radius 3 is 2.86 bits per heavy atom. The molecule has 1 aromatic carbocycles. The highest BCUT2D eigenvalue weighted by molar-refractivity contribution is 7.92. The van der Waals surface area contributed by atoms with Gasteiger partial charge >= 0.3 is 0 Å². The van der Waals surface area contributed by atoms with Crippen molar-refractivity contribution in [3.8, 4) is 12.3 Å². The van der Waals surface area contributed by atoms with Crippen molar-refractivity contribution in [3.63, 3.8) is 0 Å². The molecule has 3 rings (SSSR count). The summed E-state index contributed by atoms with van der Waals surface area (Å²) in [5, 5.41) is 1.71. The van der Waals surface area contributed by atoms with Crippen LogP contribution in [0.25, 0.3) is 10.2 Å². The maximum absolute atomic E-state index is 12.3. The molecule has 3 aromatic rings. The van der Waals surface area contributed by atoms with Crippen molar-refractivity contribution in [2.45, 2.75) is 17.7 Å². The molecular weight excluding hydrogens is 336 g/mol. The van der Waals surface area contributed by atoms with E-state index in [2.05, 4.69) is 10.3 Å². The van der Waals surface area contributed by atoms with Gasteiger partial charge in [-0.1, -0.05) is 29.4 Å². The first-order valence-corrected chi connectivity index (χ1v) is 9.53. The molecule has 0 spiro atoms. The van der Waals surface area contributed by atoms with E-state index in [0.717, 1.165) is 27.1 Å². The van der Waals surface area contributed by atoms with Gasteiger partial charge in [0.2, 0.25) is 4.80 Å². The van der Waals surface area contributed by atoms with Gasteiger partial charge in [-0.15, -0.1) is 22.2 Å². The van der Waals surface area contributed by atoms with E-state index < -0.39 is 10.0 Å². The van der Waals surface area contributed by atoms with Crippen molar-refractivity contribution in [1.29, 1.82) is 0 Å². The Kier molecular flexibility index (Phi) is 3.91. The predicted octanol–water partition coefficient (Wildman–Crippen LogP) is 3.00. The zero-order chi connectivity index (χ0) is 15.7. The van der Waals surface area contributed by atoms with E-state index >= 15 is 0 Å². The SMILES string of the molecule is C#CCn1c(=NS(=O)(=O)c2cccs2)sc2cc(C)ccc21. The van der Waals surface area contributed by atoms with Crippen molar-refractivity contribution in [1.82, 2.24) is 4.57 Å². The van der Waals surface area contributed by atoms with E-state index in [-0.39, 0.29) is 10.8 Å². The first-order chi connectivity index (χ1) is 10.5. The number of fused-ring (bicyclic) bond motifs is 1. The molecule has 0 N–H and O–H groups in total. The zero-order valence-corrected chi connectivity index (χ0v) is 14.1. The highest BCUT2D eigenvalue weighted by Gasteiger charge is 2.15. The molecule has 7 heteroatoms. The number of thiophene rings is 1. The van der Waals surface area contributed by atoms with Crippen LogP contribution >= 0.6 is 22.7 Å². The number of rotatable bonds is 3. The highest BCUT2D eigenvalue weighted by atomic mass is 32.2. The Balaban J connectivity index is 2.29. The van der Waals surface area contributed by atoms with Crippen LogP contribution in [0.1, 0.15) is 5.56 Å². The third-order valence-electron chi connectivity index (χ3n) is 3.04. The van der Waals surface area contributed by atoms with Crippen molar-refractivity contribution >= 4 is 42.9 Å². The van der Waals surface area contributed by atoms with Crippen LogP contribution in [0.5, 0.6) is 0 Å². The number of aromatic nitrogens is 1. The van der Waals surface area contributed by atoms with Gasteiger partial charge in [0.25, 0.3) is 10.0 Å². The number of hydrogen-bond donors (Lipinski definition) is 0. The number of hydrogen-bond acceptors (Lipinski definition) is 4. The third kappa shape index (κ3) is 2.73. The van der Waals surface area contributed by atoms with E-state index in [1.54, 1.807) is 22.1 Å². The lowest BCUT2D eigenvalue weighted by atomic mass is 10.2. The number of terminal acetylenes is 1. The molecule has 0 bridgehead atoms. The van der Waals surface area contributed by atoms with Gasteiger partial charge in [-0.05, 0) is 36.1 Å². The molecule has 0 aliphatic carbocycles. The molecule has 0 unspecified atom stereocenters. The topological polar surface area (TPSA) is 51.4 Å². The fourth-order valence-electron chi connectivity index (χ4n) is 2.05. The van der Waals surface area contributed by atoms with Gasteiger partial charge in [-0.25, -0.2) is 0 Å². The highest BCUT2D eigenvalue weighted by Crippen LogP contribution is 2.21. The maximum atomic E-state index is 12.3. The molecule has 2 heterocycles. The van der Waals surface area contributed by atoms with Gasteiger partial charge in [0.1, 0.15) is 4.21 Å². The van der Waals surface area contributed by atoms with E-state index in [1.165, 1.54) is 11.3 Å². The van der Waals surface area contributed by atoms with Gasteiger partial charge in [0, 0.05) is 0 Å². The first kappa shape index (κ1) is 15.0. The van der Waals surface area contributed by atoms with Gasteiger partial charge in [-0.3, -0.25) is 0 Å². The molecular formula is C15H12N2O2S3. The summed E-state index contributed by atoms with van der Waals surface area (Å²) in [7, 11) is -3.70. The third-order valence-corrected chi connectivity index (χ3v) is 6.83. The van der Waals surface area contributed by atoms with Crippen LogP contribution in [-0.4, -0.2) is 13.0 Å². The molecule has 2 aromatic heterocycles. The smallest absolute Gasteiger partial charge is 0.294 e. The average Bonchev–Trinajstić information content (AvgIpc) is 3.08. The summed E-state index contributed by atoms with van der Waals surface area (Å²) in [6, 6.07) is 9.15. The Morgan fingerprint density at radius 1 is 1.36 bits per heavy atom. The van der Waals surface area contributed by atoms with Crippen molar-refractivity contribution in [2.75, 3.05) is 0 Å². The molecule has 0 amide bonds. The van der Waals surface area contributed by atoms with Crippen LogP contribution in [0.4, 0.5) is 0 Å². The molecule has 0 aliphatic heterocycles. The molecule has 0 fully saturated rings. The molecule has 0 saturated heterocycles. The van der Waals surface area contributed by atoms with Gasteiger partial charge < -0.3 is 4.57 Å². The second-order valence-electron chi connectivity index (χ2n) is 4.64. The summed E-state index contributed by atoms with van der Waals surface area (Å²) in [6.07, 6.45) is 5.41. The summed E-state index contributed by atoms with van der Waals surface area (Å²) in [5.41, 5.74) is 2.00. The second-order valence-corrected chi connectivity index (χ2v) is 8.43. The Bertz CT molecular complexity index is 1030. The van der Waals surface area contributed by atoms with E-state index in [9.17, 15) is 8.42 Å². The van der Waals surface area contributed by atoms with Gasteiger partial charge in [0.15, 0.2) is 0 Å². The summed E-state index contributed by atoms with van der Waals surface area (Å²) in [4.78, 5) is 0.395. The van der Waals surface area contributed by atoms with Crippen LogP contribution in [0.15, 0.2) is 44.3 Å². The summed E-state index contributed by atoms with van der Waals surface area (Å²) >= 11 is 2.48. The number of sulfonamides is 1. The standard InChI is InChI=1S/C15H12N2O2S3/c1-3-8-17-12-7-6-11(2)10-13(12)21-15(17)16-22(18,19)14-5-4-9-20-14/h1,4-7,9-10H,8H2,2H3. The minimum Gasteiger partial charge on any atom is -0.304 e. The molecule has 0 saturated carbocycles. The lowest BCUT2D eigenvalue weighted by molar-refractivity contribution is 0.598. The van der Waals surface area contributed by atoms with E-state index in [1.807, 2.05) is 25.1 Å². The van der Waals surface area contributed by atoms with Crippen LogP contribution in [0.2, 0.25) is 0 Å². The van der Waals surface area contributed by atoms with Gasteiger partial charge in [0.05, 0.1) is 16.8 Å². The van der Waals surface area contributed by atoms with Crippen LogP contribution in [0, 0.1) is 19.3 Å². The minimum absolute atomic E-state index is 0.230. The van der Waals surface area contributed by atoms with Crippen molar-refractivity contribution in [3.05, 3.63) is 46.1 Å². The quantitative estimate of drug-likeness (QED) is 0.683. The average molecular weight is 348 g/mol. The normalized spacial score (nSPS) is 12.6. The molecule has 22 heavy (non-hydrogen) atoms. The number of thiazole rings is 1. The summed E-state index contributed by atoms with van der Waals surface area (Å²) in [5.74, 6) is 2.56. The molecule has 112 valence electrons. The predicted molar refractivity (Wildman–Crippen MR) is 90.5 cm³/mol. The van der Waals surface area contributed by atoms with Crippen LogP contribution in [-0.2, 0) is 16.6 Å². The zero-order valence-electron chi connectivity index (χ0n) is 11.7. The lowest BCUT2D eigenvalue weighted by Gasteiger charge is -2.00. The van der Waals surface area contributed by atoms with E-state index in [4.69, 9.17) is 6.42 Å². The molecule has 0 atom stereocenters. The van der Waals surface area contributed by atoms with Crippen LogP contribution in [0.3, 0.4) is 0 Å². The Labute approximate surface area is 136 Å². The molecule has 0 aliphatic rings. The minimum atomic E-state index is -3.70. The Morgan fingerprint density at radius 2 is 2.18 bits per heavy atom. The summed E-state index contributed by atoms with van der Waals surface area (Å²) in [6.45, 7) is 2.27. The fraction of sp³-hybridized carbons (Fsp3) is 0.133.